The zero-order valence-electron chi connectivity index (χ0n) is 9.55. The van der Waals surface area contributed by atoms with Gasteiger partial charge in [-0.15, -0.1) is 0 Å². The van der Waals surface area contributed by atoms with Crippen LogP contribution >= 0.6 is 0 Å². The smallest absolute Gasteiger partial charge is 0.275 e. The van der Waals surface area contributed by atoms with Crippen LogP contribution in [0.3, 0.4) is 0 Å². The van der Waals surface area contributed by atoms with Crippen LogP contribution in [0.2, 0.25) is 0 Å². The number of H-pyrrole nitrogens is 2. The predicted molar refractivity (Wildman–Crippen MR) is 64.1 cm³/mol. The minimum atomic E-state index is -0.591. The fourth-order valence-corrected chi connectivity index (χ4v) is 2.47. The van der Waals surface area contributed by atoms with E-state index >= 15 is 0 Å². The van der Waals surface area contributed by atoms with E-state index in [9.17, 15) is 9.90 Å². The van der Waals surface area contributed by atoms with E-state index in [1.807, 2.05) is 0 Å². The van der Waals surface area contributed by atoms with Gasteiger partial charge in [-0.2, -0.15) is 0 Å². The molecule has 0 aromatic carbocycles. The molecule has 0 aliphatic carbocycles. The van der Waals surface area contributed by atoms with Crippen molar-refractivity contribution >= 4 is 11.0 Å². The molecule has 3 rings (SSSR count). The van der Waals surface area contributed by atoms with Crippen molar-refractivity contribution in [3.8, 4) is 0 Å². The Bertz CT molecular complexity index is 620. The first-order valence-corrected chi connectivity index (χ1v) is 5.80. The summed E-state index contributed by atoms with van der Waals surface area (Å²) in [5.41, 5.74) is 1.65. The summed E-state index contributed by atoms with van der Waals surface area (Å²) in [5, 5.41) is 22.0. The highest BCUT2D eigenvalue weighted by atomic mass is 16.3. The van der Waals surface area contributed by atoms with E-state index in [0.717, 1.165) is 5.56 Å². The van der Waals surface area contributed by atoms with Gasteiger partial charge in [0.15, 0.2) is 0 Å². The van der Waals surface area contributed by atoms with Gasteiger partial charge < -0.3 is 25.5 Å². The number of aliphatic hydroxyl groups is 2. The van der Waals surface area contributed by atoms with Crippen molar-refractivity contribution in [3.05, 3.63) is 28.4 Å². The zero-order valence-corrected chi connectivity index (χ0v) is 9.55. The molecule has 0 bridgehead atoms. The van der Waals surface area contributed by atoms with Crippen LogP contribution < -0.4 is 10.9 Å². The highest BCUT2D eigenvalue weighted by molar-refractivity contribution is 5.78. The van der Waals surface area contributed by atoms with Gasteiger partial charge in [-0.3, -0.25) is 4.79 Å². The van der Waals surface area contributed by atoms with E-state index in [1.54, 1.807) is 6.20 Å². The zero-order chi connectivity index (χ0) is 12.7. The average Bonchev–Trinajstić information content (AvgIpc) is 2.93. The molecule has 0 spiro atoms. The minimum absolute atomic E-state index is 0.111. The van der Waals surface area contributed by atoms with Gasteiger partial charge in [-0.1, -0.05) is 0 Å². The summed E-state index contributed by atoms with van der Waals surface area (Å²) in [6, 6.07) is -0.442. The lowest BCUT2D eigenvalue weighted by Crippen LogP contribution is -2.34. The number of aromatic nitrogens is 3. The number of aliphatic hydroxyl groups excluding tert-OH is 2. The summed E-state index contributed by atoms with van der Waals surface area (Å²) in [4.78, 5) is 21.1. The van der Waals surface area contributed by atoms with Gasteiger partial charge in [-0.25, -0.2) is 4.98 Å². The molecule has 0 amide bonds. The van der Waals surface area contributed by atoms with Crippen LogP contribution in [0.15, 0.2) is 17.3 Å². The van der Waals surface area contributed by atoms with E-state index in [1.165, 1.54) is 6.33 Å². The Morgan fingerprint density at radius 2 is 2.28 bits per heavy atom. The molecule has 5 N–H and O–H groups in total. The molecule has 1 aliphatic heterocycles. The Morgan fingerprint density at radius 3 is 3.00 bits per heavy atom. The van der Waals surface area contributed by atoms with E-state index in [-0.39, 0.29) is 24.2 Å². The van der Waals surface area contributed by atoms with Gasteiger partial charge in [-0.05, 0) is 6.42 Å². The molecule has 3 heterocycles. The molecule has 18 heavy (non-hydrogen) atoms. The van der Waals surface area contributed by atoms with Crippen molar-refractivity contribution in [2.45, 2.75) is 24.6 Å². The SMILES string of the molecule is O=c1[nH]cnc2c(C3CC(O)C(CO)N3)c[nH]c12. The normalized spacial score (nSPS) is 28.0. The molecule has 0 radical (unpaired) electrons. The lowest BCUT2D eigenvalue weighted by molar-refractivity contribution is 0.121. The second-order valence-corrected chi connectivity index (χ2v) is 4.51. The Balaban J connectivity index is 2.01. The van der Waals surface area contributed by atoms with Crippen molar-refractivity contribution in [1.82, 2.24) is 20.3 Å². The number of aromatic amines is 2. The predicted octanol–water partition coefficient (Wildman–Crippen LogP) is -0.993. The molecule has 7 nitrogen and oxygen atoms in total. The number of rotatable bonds is 2. The van der Waals surface area contributed by atoms with Gasteiger partial charge in [0.2, 0.25) is 0 Å². The van der Waals surface area contributed by atoms with Crippen molar-refractivity contribution < 1.29 is 10.2 Å². The van der Waals surface area contributed by atoms with Crippen molar-refractivity contribution in [2.24, 2.45) is 0 Å². The van der Waals surface area contributed by atoms with Crippen molar-refractivity contribution in [1.29, 1.82) is 0 Å². The Kier molecular flexibility index (Phi) is 2.66. The number of fused-ring (bicyclic) bond motifs is 1. The third-order valence-electron chi connectivity index (χ3n) is 3.43. The molecular formula is C11H14N4O3. The highest BCUT2D eigenvalue weighted by Crippen LogP contribution is 2.29. The van der Waals surface area contributed by atoms with Crippen LogP contribution in [0.5, 0.6) is 0 Å². The quantitative estimate of drug-likeness (QED) is 0.469. The van der Waals surface area contributed by atoms with Gasteiger partial charge in [0.1, 0.15) is 11.0 Å². The van der Waals surface area contributed by atoms with Crippen LogP contribution in [0, 0.1) is 0 Å². The van der Waals surface area contributed by atoms with Gasteiger partial charge in [0.25, 0.3) is 5.56 Å². The minimum Gasteiger partial charge on any atom is -0.395 e. The summed E-state index contributed by atoms with van der Waals surface area (Å²) in [6.45, 7) is -0.117. The van der Waals surface area contributed by atoms with Gasteiger partial charge in [0, 0.05) is 17.8 Å². The van der Waals surface area contributed by atoms with E-state index < -0.39 is 6.10 Å². The standard InChI is InChI=1S/C11H14N4O3/c16-3-7-8(17)1-6(15-7)5-2-12-10-9(5)13-4-14-11(10)18/h2,4,6-8,12,15-17H,1,3H2,(H,13,14,18). The molecule has 96 valence electrons. The van der Waals surface area contributed by atoms with E-state index in [0.29, 0.717) is 17.5 Å². The largest absolute Gasteiger partial charge is 0.395 e. The van der Waals surface area contributed by atoms with E-state index in [4.69, 9.17) is 5.11 Å². The second kappa shape index (κ2) is 4.20. The van der Waals surface area contributed by atoms with Crippen LogP contribution in [0.1, 0.15) is 18.0 Å². The maximum atomic E-state index is 11.6. The summed E-state index contributed by atoms with van der Waals surface area (Å²) >= 11 is 0. The Labute approximate surface area is 102 Å². The maximum Gasteiger partial charge on any atom is 0.275 e. The highest BCUT2D eigenvalue weighted by Gasteiger charge is 2.34. The molecule has 3 atom stereocenters. The average molecular weight is 250 g/mol. The molecule has 1 saturated heterocycles. The summed E-state index contributed by atoms with van der Waals surface area (Å²) in [7, 11) is 0. The topological polar surface area (TPSA) is 114 Å². The van der Waals surface area contributed by atoms with Crippen LogP contribution in [0.25, 0.3) is 11.0 Å². The molecule has 3 unspecified atom stereocenters. The lowest BCUT2D eigenvalue weighted by Gasteiger charge is -2.11. The molecule has 2 aromatic heterocycles. The summed E-state index contributed by atoms with van der Waals surface area (Å²) in [5.74, 6) is 0. The van der Waals surface area contributed by atoms with E-state index in [2.05, 4.69) is 20.3 Å². The molecule has 1 aliphatic rings. The third kappa shape index (κ3) is 1.64. The van der Waals surface area contributed by atoms with Gasteiger partial charge in [0.05, 0.1) is 25.1 Å². The first kappa shape index (κ1) is 11.4. The summed E-state index contributed by atoms with van der Waals surface area (Å²) in [6.07, 6.45) is 2.98. The monoisotopic (exact) mass is 250 g/mol. The van der Waals surface area contributed by atoms with Crippen LogP contribution in [-0.2, 0) is 0 Å². The van der Waals surface area contributed by atoms with Crippen LogP contribution in [-0.4, -0.2) is 43.9 Å². The first-order chi connectivity index (χ1) is 8.70. The Morgan fingerprint density at radius 1 is 1.44 bits per heavy atom. The third-order valence-corrected chi connectivity index (χ3v) is 3.43. The number of nitrogens with one attached hydrogen (secondary N) is 3. The lowest BCUT2D eigenvalue weighted by atomic mass is 10.1. The van der Waals surface area contributed by atoms with Crippen molar-refractivity contribution in [2.75, 3.05) is 6.61 Å². The number of hydrogen-bond acceptors (Lipinski definition) is 5. The number of hydrogen-bond donors (Lipinski definition) is 5. The van der Waals surface area contributed by atoms with Gasteiger partial charge >= 0.3 is 0 Å². The molecule has 0 saturated carbocycles. The second-order valence-electron chi connectivity index (χ2n) is 4.51. The fourth-order valence-electron chi connectivity index (χ4n) is 2.47. The maximum absolute atomic E-state index is 11.6. The fraction of sp³-hybridized carbons (Fsp3) is 0.455. The molecule has 7 heteroatoms. The summed E-state index contributed by atoms with van der Waals surface area (Å²) < 4.78 is 0. The Hall–Kier alpha value is -1.70. The first-order valence-electron chi connectivity index (χ1n) is 5.80. The van der Waals surface area contributed by atoms with Crippen molar-refractivity contribution in [3.63, 3.8) is 0 Å². The molecule has 2 aromatic rings. The number of nitrogens with zero attached hydrogens (tertiary/aromatic N) is 1. The van der Waals surface area contributed by atoms with Crippen LogP contribution in [0.4, 0.5) is 0 Å². The molecular weight excluding hydrogens is 236 g/mol. The molecule has 1 fully saturated rings.